The quantitative estimate of drug-likeness (QED) is 0.807. The van der Waals surface area contributed by atoms with Gasteiger partial charge in [0.05, 0.1) is 0 Å². The van der Waals surface area contributed by atoms with Crippen molar-refractivity contribution < 1.29 is 5.11 Å². The number of allylic oxidation sites excluding steroid dienone is 1. The van der Waals surface area contributed by atoms with Crippen molar-refractivity contribution >= 4 is 25.8 Å². The number of nitrogens with zero attached hydrogens (tertiary/aromatic N) is 1. The van der Waals surface area contributed by atoms with Gasteiger partial charge in [-0.3, -0.25) is 0 Å². The second-order valence-corrected chi connectivity index (χ2v) is 3.86. The molecule has 1 rings (SSSR count). The zero-order valence-corrected chi connectivity index (χ0v) is 10.9. The standard InChI is InChI=1S/C10H8NO.Pb/c1-2-3-9-5-4-8(7-11)6-10(9)12;/h1-2,4-6,12H,3H2;. The van der Waals surface area contributed by atoms with Crippen LogP contribution < -0.4 is 0 Å². The van der Waals surface area contributed by atoms with E-state index in [2.05, 4.69) is 3.64 Å². The molecule has 63 valence electrons. The Morgan fingerprint density at radius 2 is 2.31 bits per heavy atom. The van der Waals surface area contributed by atoms with Crippen LogP contribution in [0.4, 0.5) is 0 Å². The number of phenolic OH excluding ortho intramolecular Hbond substituents is 1. The second-order valence-electron chi connectivity index (χ2n) is 2.56. The molecule has 1 aromatic rings. The first kappa shape index (κ1) is 10.3. The van der Waals surface area contributed by atoms with Gasteiger partial charge in [0, 0.05) is 0 Å². The topological polar surface area (TPSA) is 44.0 Å². The molecule has 0 bridgehead atoms. The van der Waals surface area contributed by atoms with E-state index in [4.69, 9.17) is 5.26 Å². The molecular weight excluding hydrogens is 357 g/mol. The number of rotatable bonds is 2. The predicted octanol–water partition coefficient (Wildman–Crippen LogP) is 1.49. The molecule has 0 atom stereocenters. The monoisotopic (exact) mass is 366 g/mol. The molecule has 0 saturated heterocycles. The molecule has 0 heterocycles. The number of nitriles is 1. The Bertz CT molecular complexity index is 366. The van der Waals surface area contributed by atoms with Crippen LogP contribution in [0.2, 0.25) is 0 Å². The summed E-state index contributed by atoms with van der Waals surface area (Å²) in [5.41, 5.74) is 1.36. The van der Waals surface area contributed by atoms with E-state index in [9.17, 15) is 5.11 Å². The van der Waals surface area contributed by atoms with Gasteiger partial charge in [0.25, 0.3) is 0 Å². The fraction of sp³-hybridized carbons (Fsp3) is 0.100. The molecule has 0 aliphatic carbocycles. The van der Waals surface area contributed by atoms with Crippen LogP contribution in [0.3, 0.4) is 0 Å². The van der Waals surface area contributed by atoms with E-state index < -0.39 is 0 Å². The van der Waals surface area contributed by atoms with Crippen molar-refractivity contribution in [1.29, 1.82) is 5.26 Å². The molecule has 13 heavy (non-hydrogen) atoms. The van der Waals surface area contributed by atoms with Crippen LogP contribution in [0.15, 0.2) is 27.9 Å². The predicted molar refractivity (Wildman–Crippen MR) is 51.4 cm³/mol. The van der Waals surface area contributed by atoms with Gasteiger partial charge in [-0.2, -0.15) is 0 Å². The Labute approximate surface area is 93.2 Å². The average molecular weight is 365 g/mol. The zero-order valence-electron chi connectivity index (χ0n) is 6.99. The fourth-order valence-corrected chi connectivity index (χ4v) is 1.45. The average Bonchev–Trinajstić information content (AvgIpc) is 2.16. The van der Waals surface area contributed by atoms with Crippen molar-refractivity contribution in [3.05, 3.63) is 39.0 Å². The van der Waals surface area contributed by atoms with Crippen LogP contribution in [-0.4, -0.2) is 30.9 Å². The maximum atomic E-state index is 9.48. The van der Waals surface area contributed by atoms with Crippen LogP contribution in [0.25, 0.3) is 0 Å². The Morgan fingerprint density at radius 3 is 2.85 bits per heavy atom. The summed E-state index contributed by atoms with van der Waals surface area (Å²) < 4.78 is 2.07. The first-order valence-electron chi connectivity index (χ1n) is 3.82. The number of aromatic hydroxyl groups is 1. The van der Waals surface area contributed by atoms with Crippen molar-refractivity contribution in [3.63, 3.8) is 0 Å². The Morgan fingerprint density at radius 1 is 1.54 bits per heavy atom. The van der Waals surface area contributed by atoms with Gasteiger partial charge in [0.1, 0.15) is 0 Å². The molecule has 3 radical (unpaired) electrons. The molecule has 0 aromatic heterocycles. The number of benzene rings is 1. The van der Waals surface area contributed by atoms with Crippen molar-refractivity contribution in [3.8, 4) is 11.8 Å². The van der Waals surface area contributed by atoms with Crippen LogP contribution in [-0.2, 0) is 6.42 Å². The summed E-state index contributed by atoms with van der Waals surface area (Å²) in [6.07, 6.45) is 2.76. The summed E-state index contributed by atoms with van der Waals surface area (Å²) in [6.45, 7) is 0. The molecule has 0 fully saturated rings. The van der Waals surface area contributed by atoms with Gasteiger partial charge in [0.2, 0.25) is 0 Å². The summed E-state index contributed by atoms with van der Waals surface area (Å²) in [7, 11) is 0. The van der Waals surface area contributed by atoms with Gasteiger partial charge in [-0.25, -0.2) is 0 Å². The van der Waals surface area contributed by atoms with E-state index >= 15 is 0 Å². The molecule has 0 amide bonds. The van der Waals surface area contributed by atoms with Crippen LogP contribution >= 0.6 is 0 Å². The van der Waals surface area contributed by atoms with Crippen molar-refractivity contribution in [2.75, 3.05) is 0 Å². The normalized spacial score (nSPS) is 10.2. The second kappa shape index (κ2) is 5.02. The molecule has 0 saturated carbocycles. The van der Waals surface area contributed by atoms with E-state index in [-0.39, 0.29) is 5.75 Å². The van der Waals surface area contributed by atoms with Gasteiger partial charge in [-0.1, -0.05) is 0 Å². The number of hydrogen-bond donors (Lipinski definition) is 1. The third kappa shape index (κ3) is 2.85. The van der Waals surface area contributed by atoms with E-state index in [0.717, 1.165) is 37.8 Å². The Kier molecular flexibility index (Phi) is 3.96. The maximum absolute atomic E-state index is 9.48. The van der Waals surface area contributed by atoms with Crippen LogP contribution in [0.1, 0.15) is 11.1 Å². The summed E-state index contributed by atoms with van der Waals surface area (Å²) in [6, 6.07) is 6.98. The minimum absolute atomic E-state index is 0.207. The molecule has 2 nitrogen and oxygen atoms in total. The summed E-state index contributed by atoms with van der Waals surface area (Å²) in [4.78, 5) is 0. The molecule has 1 N–H and O–H groups in total. The molecule has 0 aliphatic heterocycles. The first-order chi connectivity index (χ1) is 6.27. The van der Waals surface area contributed by atoms with Crippen LogP contribution in [0.5, 0.6) is 5.75 Å². The van der Waals surface area contributed by atoms with Crippen LogP contribution in [0, 0.1) is 11.3 Å². The van der Waals surface area contributed by atoms with Gasteiger partial charge < -0.3 is 0 Å². The van der Waals surface area contributed by atoms with E-state index in [0.29, 0.717) is 5.56 Å². The molecule has 1 aromatic carbocycles. The van der Waals surface area contributed by atoms with Gasteiger partial charge in [0.15, 0.2) is 0 Å². The van der Waals surface area contributed by atoms with Crippen molar-refractivity contribution in [2.45, 2.75) is 6.42 Å². The van der Waals surface area contributed by atoms with E-state index in [1.54, 1.807) is 12.1 Å². The number of hydrogen-bond acceptors (Lipinski definition) is 2. The molecular formula is C10H8NOPb. The van der Waals surface area contributed by atoms with Gasteiger partial charge in [-0.05, 0) is 0 Å². The fourth-order valence-electron chi connectivity index (χ4n) is 0.992. The first-order valence-corrected chi connectivity index (χ1v) is 6.06. The van der Waals surface area contributed by atoms with E-state index in [1.807, 2.05) is 12.1 Å². The Hall–Kier alpha value is -0.828. The molecule has 0 spiro atoms. The van der Waals surface area contributed by atoms with Crippen molar-refractivity contribution in [2.24, 2.45) is 0 Å². The molecule has 3 heteroatoms. The van der Waals surface area contributed by atoms with Gasteiger partial charge in [-0.15, -0.1) is 0 Å². The summed E-state index contributed by atoms with van der Waals surface area (Å²) in [5.74, 6) is 0.207. The van der Waals surface area contributed by atoms with Crippen molar-refractivity contribution in [1.82, 2.24) is 0 Å². The summed E-state index contributed by atoms with van der Waals surface area (Å²) in [5, 5.41) is 18.0. The zero-order chi connectivity index (χ0) is 9.68. The third-order valence-electron chi connectivity index (χ3n) is 1.67. The minimum atomic E-state index is 0.207. The van der Waals surface area contributed by atoms with Gasteiger partial charge >= 0.3 is 93.4 Å². The Balaban J connectivity index is 2.93. The third-order valence-corrected chi connectivity index (χ3v) is 2.59. The van der Waals surface area contributed by atoms with E-state index in [1.165, 1.54) is 6.07 Å². The molecule has 0 unspecified atom stereocenters. The summed E-state index contributed by atoms with van der Waals surface area (Å²) >= 11 is 1.03. The molecule has 0 aliphatic rings. The SMILES string of the molecule is N#Cc1ccc(C/C=[CH]/[Pb])c(O)c1. The number of phenols is 1.